The molecule has 2 rings (SSSR count). The second kappa shape index (κ2) is 5.81. The number of hydrogen-bond donors (Lipinski definition) is 1. The van der Waals surface area contributed by atoms with Gasteiger partial charge in [0.05, 0.1) is 12.6 Å². The highest BCUT2D eigenvalue weighted by Gasteiger charge is 2.16. The lowest BCUT2D eigenvalue weighted by Gasteiger charge is -2.19. The maximum Gasteiger partial charge on any atom is 0.318 e. The number of nitrogens with one attached hydrogen (secondary N) is 1. The Kier molecular flexibility index (Phi) is 4.12. The van der Waals surface area contributed by atoms with Gasteiger partial charge in [0.15, 0.2) is 0 Å². The Balaban J connectivity index is 1.90. The molecule has 0 saturated carbocycles. The van der Waals surface area contributed by atoms with Gasteiger partial charge in [-0.3, -0.25) is 0 Å². The topological polar surface area (TPSA) is 71.5 Å². The highest BCUT2D eigenvalue weighted by Crippen LogP contribution is 2.16. The molecule has 0 bridgehead atoms. The Morgan fingerprint density at radius 1 is 1.40 bits per heavy atom. The van der Waals surface area contributed by atoms with Crippen LogP contribution in [0.25, 0.3) is 0 Å². The van der Waals surface area contributed by atoms with Crippen LogP contribution in [0, 0.1) is 13.8 Å². The zero-order valence-corrected chi connectivity index (χ0v) is 12.1. The molecular weight excluding hydrogens is 258 g/mol. The Hall–Kier alpha value is -2.24. The van der Waals surface area contributed by atoms with E-state index in [1.807, 2.05) is 39.0 Å². The van der Waals surface area contributed by atoms with Gasteiger partial charge in [0.2, 0.25) is 0 Å². The highest BCUT2D eigenvalue weighted by atomic mass is 16.5. The Labute approximate surface area is 117 Å². The van der Waals surface area contributed by atoms with Crippen molar-refractivity contribution in [3.8, 4) is 0 Å². The first-order chi connectivity index (χ1) is 9.45. The van der Waals surface area contributed by atoms with Gasteiger partial charge in [-0.1, -0.05) is 5.16 Å². The van der Waals surface area contributed by atoms with Crippen LogP contribution < -0.4 is 5.32 Å². The van der Waals surface area contributed by atoms with Crippen LogP contribution in [-0.2, 0) is 6.54 Å². The zero-order chi connectivity index (χ0) is 14.7. The average Bonchev–Trinajstić information content (AvgIpc) is 2.98. The lowest BCUT2D eigenvalue weighted by atomic mass is 10.2. The summed E-state index contributed by atoms with van der Waals surface area (Å²) in [6.45, 7) is 5.96. The Bertz CT molecular complexity index is 588. The van der Waals surface area contributed by atoms with Crippen LogP contribution >= 0.6 is 0 Å². The van der Waals surface area contributed by atoms with Crippen molar-refractivity contribution in [1.82, 2.24) is 15.4 Å². The van der Waals surface area contributed by atoms with Crippen LogP contribution in [-0.4, -0.2) is 23.1 Å². The van der Waals surface area contributed by atoms with Gasteiger partial charge in [0, 0.05) is 13.1 Å². The first-order valence-electron chi connectivity index (χ1n) is 6.46. The third-order valence-electron chi connectivity index (χ3n) is 2.95. The molecule has 0 aromatic carbocycles. The van der Waals surface area contributed by atoms with E-state index in [2.05, 4.69) is 10.5 Å². The quantitative estimate of drug-likeness (QED) is 0.932. The maximum absolute atomic E-state index is 12.1. The lowest BCUT2D eigenvalue weighted by molar-refractivity contribution is 0.200. The van der Waals surface area contributed by atoms with E-state index >= 15 is 0 Å². The molecule has 0 radical (unpaired) electrons. The molecule has 0 aliphatic heterocycles. The smallest absolute Gasteiger partial charge is 0.318 e. The van der Waals surface area contributed by atoms with E-state index in [0.717, 1.165) is 23.0 Å². The van der Waals surface area contributed by atoms with Crippen LogP contribution in [0.5, 0.6) is 0 Å². The van der Waals surface area contributed by atoms with Crippen molar-refractivity contribution < 1.29 is 13.7 Å². The van der Waals surface area contributed by atoms with E-state index in [1.165, 1.54) is 0 Å². The number of rotatable bonds is 4. The standard InChI is InChI=1S/C14H19N3O3/c1-9-5-6-13(19-9)11(3)15-14(18)17(4)8-12-7-10(2)20-16-12/h5-7,11H,8H2,1-4H3,(H,15,18)/t11-/m1/s1. The fourth-order valence-electron chi connectivity index (χ4n) is 1.86. The van der Waals surface area contributed by atoms with Crippen LogP contribution in [0.4, 0.5) is 4.79 Å². The lowest BCUT2D eigenvalue weighted by Crippen LogP contribution is -2.38. The van der Waals surface area contributed by atoms with Gasteiger partial charge in [-0.25, -0.2) is 4.79 Å². The third kappa shape index (κ3) is 3.40. The van der Waals surface area contributed by atoms with Crippen molar-refractivity contribution in [2.75, 3.05) is 7.05 Å². The van der Waals surface area contributed by atoms with E-state index in [4.69, 9.17) is 8.94 Å². The van der Waals surface area contributed by atoms with Gasteiger partial charge < -0.3 is 19.2 Å². The third-order valence-corrected chi connectivity index (χ3v) is 2.95. The Morgan fingerprint density at radius 2 is 2.15 bits per heavy atom. The van der Waals surface area contributed by atoms with Crippen LogP contribution in [0.2, 0.25) is 0 Å². The van der Waals surface area contributed by atoms with E-state index in [1.54, 1.807) is 11.9 Å². The maximum atomic E-state index is 12.1. The summed E-state index contributed by atoms with van der Waals surface area (Å²) in [5.74, 6) is 2.29. The molecule has 2 amide bonds. The molecule has 6 nitrogen and oxygen atoms in total. The van der Waals surface area contributed by atoms with Gasteiger partial charge in [-0.2, -0.15) is 0 Å². The zero-order valence-electron chi connectivity index (χ0n) is 12.1. The monoisotopic (exact) mass is 277 g/mol. The number of carbonyl (C=O) groups excluding carboxylic acids is 1. The normalized spacial score (nSPS) is 12.2. The number of urea groups is 1. The largest absolute Gasteiger partial charge is 0.464 e. The summed E-state index contributed by atoms with van der Waals surface area (Å²) in [6, 6.07) is 5.18. The summed E-state index contributed by atoms with van der Waals surface area (Å²) in [7, 11) is 1.71. The molecular formula is C14H19N3O3. The number of furan rings is 1. The summed E-state index contributed by atoms with van der Waals surface area (Å²) < 4.78 is 10.5. The van der Waals surface area contributed by atoms with Gasteiger partial charge in [0.25, 0.3) is 0 Å². The summed E-state index contributed by atoms with van der Waals surface area (Å²) in [5.41, 5.74) is 0.724. The second-order valence-corrected chi connectivity index (χ2v) is 4.90. The molecule has 108 valence electrons. The first kappa shape index (κ1) is 14.2. The molecule has 0 aliphatic rings. The molecule has 0 spiro atoms. The van der Waals surface area contributed by atoms with E-state index < -0.39 is 0 Å². The minimum Gasteiger partial charge on any atom is -0.464 e. The SMILES string of the molecule is Cc1cc(CN(C)C(=O)N[C@H](C)c2ccc(C)o2)no1. The molecule has 6 heteroatoms. The Morgan fingerprint density at radius 3 is 2.70 bits per heavy atom. The van der Waals surface area contributed by atoms with Crippen molar-refractivity contribution in [2.45, 2.75) is 33.4 Å². The number of aromatic nitrogens is 1. The van der Waals surface area contributed by atoms with Crippen LogP contribution in [0.3, 0.4) is 0 Å². The summed E-state index contributed by atoms with van der Waals surface area (Å²) in [5, 5.41) is 6.73. The fraction of sp³-hybridized carbons (Fsp3) is 0.429. The molecule has 2 heterocycles. The minimum atomic E-state index is -0.188. The molecule has 1 atom stereocenters. The molecule has 1 N–H and O–H groups in total. The molecule has 2 aromatic rings. The van der Waals surface area contributed by atoms with Crippen LogP contribution in [0.15, 0.2) is 27.1 Å². The molecule has 0 unspecified atom stereocenters. The van der Waals surface area contributed by atoms with Crippen molar-refractivity contribution in [3.05, 3.63) is 41.2 Å². The first-order valence-corrected chi connectivity index (χ1v) is 6.46. The minimum absolute atomic E-state index is 0.183. The fourth-order valence-corrected chi connectivity index (χ4v) is 1.86. The summed E-state index contributed by atoms with van der Waals surface area (Å²) >= 11 is 0. The predicted molar refractivity (Wildman–Crippen MR) is 73.1 cm³/mol. The number of carbonyl (C=O) groups is 1. The summed E-state index contributed by atoms with van der Waals surface area (Å²) in [6.07, 6.45) is 0. The second-order valence-electron chi connectivity index (χ2n) is 4.90. The molecule has 0 fully saturated rings. The van der Waals surface area contributed by atoms with Crippen molar-refractivity contribution >= 4 is 6.03 Å². The van der Waals surface area contributed by atoms with Crippen molar-refractivity contribution in [3.63, 3.8) is 0 Å². The van der Waals surface area contributed by atoms with E-state index in [0.29, 0.717) is 6.54 Å². The summed E-state index contributed by atoms with van der Waals surface area (Å²) in [4.78, 5) is 13.6. The average molecular weight is 277 g/mol. The van der Waals surface area contributed by atoms with Crippen molar-refractivity contribution in [2.24, 2.45) is 0 Å². The molecule has 0 aliphatic carbocycles. The van der Waals surface area contributed by atoms with Gasteiger partial charge in [-0.05, 0) is 32.9 Å². The van der Waals surface area contributed by atoms with Gasteiger partial charge in [0.1, 0.15) is 23.0 Å². The molecule has 2 aromatic heterocycles. The van der Waals surface area contributed by atoms with Crippen LogP contribution in [0.1, 0.15) is 35.9 Å². The van der Waals surface area contributed by atoms with Gasteiger partial charge in [-0.15, -0.1) is 0 Å². The predicted octanol–water partition coefficient (Wildman–Crippen LogP) is 2.79. The van der Waals surface area contributed by atoms with Gasteiger partial charge >= 0.3 is 6.03 Å². The number of aryl methyl sites for hydroxylation is 2. The molecule has 20 heavy (non-hydrogen) atoms. The number of amides is 2. The molecule has 0 saturated heterocycles. The van der Waals surface area contributed by atoms with Crippen molar-refractivity contribution in [1.29, 1.82) is 0 Å². The van der Waals surface area contributed by atoms with E-state index in [-0.39, 0.29) is 12.1 Å². The highest BCUT2D eigenvalue weighted by molar-refractivity contribution is 5.74. The van der Waals surface area contributed by atoms with E-state index in [9.17, 15) is 4.79 Å². The number of hydrogen-bond acceptors (Lipinski definition) is 4. The number of nitrogens with zero attached hydrogens (tertiary/aromatic N) is 2.